The fourth-order valence-electron chi connectivity index (χ4n) is 1.24. The highest BCUT2D eigenvalue weighted by atomic mass is 16.5. The molecule has 0 aromatic carbocycles. The molecule has 13 heavy (non-hydrogen) atoms. The van der Waals surface area contributed by atoms with E-state index in [0.29, 0.717) is 11.8 Å². The van der Waals surface area contributed by atoms with Crippen LogP contribution in [0.3, 0.4) is 0 Å². The van der Waals surface area contributed by atoms with Crippen LogP contribution in [0.4, 0.5) is 0 Å². The summed E-state index contributed by atoms with van der Waals surface area (Å²) in [6.45, 7) is 6.25. The van der Waals surface area contributed by atoms with Crippen LogP contribution in [0.25, 0.3) is 0 Å². The van der Waals surface area contributed by atoms with Crippen LogP contribution in [0.1, 0.15) is 25.2 Å². The third-order valence-electron chi connectivity index (χ3n) is 1.76. The molecule has 72 valence electrons. The smallest absolute Gasteiger partial charge is 0.235 e. The Morgan fingerprint density at radius 1 is 1.46 bits per heavy atom. The van der Waals surface area contributed by atoms with Crippen molar-refractivity contribution in [1.29, 1.82) is 0 Å². The molecule has 1 heterocycles. The van der Waals surface area contributed by atoms with E-state index in [1.54, 1.807) is 13.3 Å². The van der Waals surface area contributed by atoms with Crippen LogP contribution in [0.15, 0.2) is 6.20 Å². The molecule has 0 radical (unpaired) electrons. The fraction of sp³-hybridized carbons (Fsp3) is 0.600. The molecule has 0 atom stereocenters. The van der Waals surface area contributed by atoms with Crippen molar-refractivity contribution in [2.45, 2.75) is 27.2 Å². The SMILES string of the molecule is COc1ncc(CC(C)C)nc1C. The van der Waals surface area contributed by atoms with Crippen molar-refractivity contribution in [3.05, 3.63) is 17.6 Å². The lowest BCUT2D eigenvalue weighted by Gasteiger charge is -2.06. The minimum absolute atomic E-state index is 0.613. The first kappa shape index (κ1) is 9.96. The lowest BCUT2D eigenvalue weighted by atomic mass is 10.1. The Morgan fingerprint density at radius 3 is 2.62 bits per heavy atom. The fourth-order valence-corrected chi connectivity index (χ4v) is 1.24. The van der Waals surface area contributed by atoms with Crippen molar-refractivity contribution in [3.63, 3.8) is 0 Å². The monoisotopic (exact) mass is 180 g/mol. The average Bonchev–Trinajstić information content (AvgIpc) is 2.03. The maximum Gasteiger partial charge on any atom is 0.235 e. The van der Waals surface area contributed by atoms with Gasteiger partial charge in [-0.25, -0.2) is 4.98 Å². The van der Waals surface area contributed by atoms with E-state index in [1.807, 2.05) is 6.92 Å². The molecule has 0 bridgehead atoms. The quantitative estimate of drug-likeness (QED) is 0.713. The zero-order valence-electron chi connectivity index (χ0n) is 8.66. The van der Waals surface area contributed by atoms with Crippen LogP contribution in [-0.4, -0.2) is 17.1 Å². The van der Waals surface area contributed by atoms with E-state index in [-0.39, 0.29) is 0 Å². The van der Waals surface area contributed by atoms with Crippen molar-refractivity contribution in [2.24, 2.45) is 5.92 Å². The van der Waals surface area contributed by atoms with Crippen LogP contribution in [-0.2, 0) is 6.42 Å². The lowest BCUT2D eigenvalue weighted by Crippen LogP contribution is -2.02. The summed E-state index contributed by atoms with van der Waals surface area (Å²) in [5.41, 5.74) is 1.90. The summed E-state index contributed by atoms with van der Waals surface area (Å²) in [5.74, 6) is 1.23. The molecule has 3 nitrogen and oxygen atoms in total. The van der Waals surface area contributed by atoms with Crippen LogP contribution < -0.4 is 4.74 Å². The highest BCUT2D eigenvalue weighted by molar-refractivity contribution is 5.18. The third kappa shape index (κ3) is 2.68. The Morgan fingerprint density at radius 2 is 2.15 bits per heavy atom. The number of hydrogen-bond acceptors (Lipinski definition) is 3. The van der Waals surface area contributed by atoms with E-state index < -0.39 is 0 Å². The van der Waals surface area contributed by atoms with E-state index in [2.05, 4.69) is 23.8 Å². The Balaban J connectivity index is 2.83. The summed E-state index contributed by atoms with van der Waals surface area (Å²) in [6.07, 6.45) is 2.75. The number of ether oxygens (including phenoxy) is 1. The van der Waals surface area contributed by atoms with Gasteiger partial charge in [0.25, 0.3) is 0 Å². The molecule has 0 saturated carbocycles. The normalized spacial score (nSPS) is 10.5. The van der Waals surface area contributed by atoms with Gasteiger partial charge in [-0.2, -0.15) is 0 Å². The molecule has 1 aromatic rings. The molecule has 3 heteroatoms. The summed E-state index contributed by atoms with van der Waals surface area (Å²) in [5, 5.41) is 0. The van der Waals surface area contributed by atoms with Crippen LogP contribution >= 0.6 is 0 Å². The minimum atomic E-state index is 0.613. The van der Waals surface area contributed by atoms with Gasteiger partial charge in [0.15, 0.2) is 0 Å². The van der Waals surface area contributed by atoms with Crippen molar-refractivity contribution in [2.75, 3.05) is 7.11 Å². The molecule has 1 rings (SSSR count). The zero-order chi connectivity index (χ0) is 9.84. The van der Waals surface area contributed by atoms with E-state index >= 15 is 0 Å². The molecule has 0 N–H and O–H groups in total. The first-order chi connectivity index (χ1) is 6.13. The van der Waals surface area contributed by atoms with Crippen molar-refractivity contribution in [3.8, 4) is 5.88 Å². The van der Waals surface area contributed by atoms with E-state index in [0.717, 1.165) is 17.8 Å². The molecule has 0 amide bonds. The van der Waals surface area contributed by atoms with Gasteiger partial charge in [-0.1, -0.05) is 13.8 Å². The van der Waals surface area contributed by atoms with Crippen LogP contribution in [0.2, 0.25) is 0 Å². The third-order valence-corrected chi connectivity index (χ3v) is 1.76. The molecule has 1 aromatic heterocycles. The van der Waals surface area contributed by atoms with Crippen LogP contribution in [0, 0.1) is 12.8 Å². The predicted octanol–water partition coefficient (Wildman–Crippen LogP) is 1.99. The Labute approximate surface area is 79.2 Å². The van der Waals surface area contributed by atoms with Gasteiger partial charge in [0.05, 0.1) is 24.7 Å². The van der Waals surface area contributed by atoms with Gasteiger partial charge in [-0.15, -0.1) is 0 Å². The van der Waals surface area contributed by atoms with Gasteiger partial charge in [-0.3, -0.25) is 4.98 Å². The summed E-state index contributed by atoms with van der Waals surface area (Å²) < 4.78 is 5.03. The van der Waals surface area contributed by atoms with Gasteiger partial charge in [0, 0.05) is 0 Å². The molecule has 0 unspecified atom stereocenters. The molecule has 0 aliphatic carbocycles. The van der Waals surface area contributed by atoms with Crippen molar-refractivity contribution in [1.82, 2.24) is 9.97 Å². The standard InChI is InChI=1S/C10H16N2O/c1-7(2)5-9-6-11-10(13-4)8(3)12-9/h6-7H,5H2,1-4H3. The summed E-state index contributed by atoms with van der Waals surface area (Å²) in [4.78, 5) is 8.56. The first-order valence-corrected chi connectivity index (χ1v) is 4.50. The van der Waals surface area contributed by atoms with Gasteiger partial charge in [-0.05, 0) is 19.3 Å². The van der Waals surface area contributed by atoms with E-state index in [9.17, 15) is 0 Å². The van der Waals surface area contributed by atoms with Gasteiger partial charge in [0.2, 0.25) is 5.88 Å². The van der Waals surface area contributed by atoms with E-state index in [1.165, 1.54) is 0 Å². The zero-order valence-corrected chi connectivity index (χ0v) is 8.66. The summed E-state index contributed by atoms with van der Waals surface area (Å²) in [7, 11) is 1.61. The summed E-state index contributed by atoms with van der Waals surface area (Å²) >= 11 is 0. The van der Waals surface area contributed by atoms with Gasteiger partial charge in [0.1, 0.15) is 0 Å². The average molecular weight is 180 g/mol. The molecule has 0 spiro atoms. The highest BCUT2D eigenvalue weighted by Gasteiger charge is 2.04. The number of aryl methyl sites for hydroxylation is 1. The Hall–Kier alpha value is -1.12. The van der Waals surface area contributed by atoms with E-state index in [4.69, 9.17) is 4.74 Å². The predicted molar refractivity (Wildman–Crippen MR) is 51.9 cm³/mol. The molecule has 0 fully saturated rings. The highest BCUT2D eigenvalue weighted by Crippen LogP contribution is 2.12. The Kier molecular flexibility index (Phi) is 3.23. The topological polar surface area (TPSA) is 35.0 Å². The first-order valence-electron chi connectivity index (χ1n) is 4.50. The van der Waals surface area contributed by atoms with Crippen molar-refractivity contribution < 1.29 is 4.74 Å². The van der Waals surface area contributed by atoms with Gasteiger partial charge < -0.3 is 4.74 Å². The molecule has 0 aliphatic rings. The number of aromatic nitrogens is 2. The number of rotatable bonds is 3. The minimum Gasteiger partial charge on any atom is -0.480 e. The Bertz CT molecular complexity index is 284. The van der Waals surface area contributed by atoms with Crippen molar-refractivity contribution >= 4 is 0 Å². The second kappa shape index (κ2) is 4.21. The molecule has 0 aliphatic heterocycles. The lowest BCUT2D eigenvalue weighted by molar-refractivity contribution is 0.390. The second-order valence-corrected chi connectivity index (χ2v) is 3.55. The van der Waals surface area contributed by atoms with Crippen LogP contribution in [0.5, 0.6) is 5.88 Å². The number of hydrogen-bond donors (Lipinski definition) is 0. The summed E-state index contributed by atoms with van der Waals surface area (Å²) in [6, 6.07) is 0. The second-order valence-electron chi connectivity index (χ2n) is 3.55. The molecular weight excluding hydrogens is 164 g/mol. The van der Waals surface area contributed by atoms with Gasteiger partial charge >= 0.3 is 0 Å². The number of methoxy groups -OCH3 is 1. The maximum atomic E-state index is 5.03. The largest absolute Gasteiger partial charge is 0.480 e. The maximum absolute atomic E-state index is 5.03. The molecular formula is C10H16N2O. The molecule has 0 saturated heterocycles. The number of nitrogens with zero attached hydrogens (tertiary/aromatic N) is 2.